The van der Waals surface area contributed by atoms with Crippen LogP contribution in [0.15, 0.2) is 40.4 Å². The quantitative estimate of drug-likeness (QED) is 0.358. The summed E-state index contributed by atoms with van der Waals surface area (Å²) in [6.07, 6.45) is 1.45. The molecule has 1 aliphatic heterocycles. The number of furan rings is 1. The summed E-state index contributed by atoms with van der Waals surface area (Å²) in [7, 11) is 6.15. The SMILES string of the molecule is COC(=O)COc1cc(N(C)C)ccc1/C=C1\NC(=O)N(Cc2ccc(C(=O)OC)o2)C1=O. The highest BCUT2D eigenvalue weighted by Crippen LogP contribution is 2.28. The van der Waals surface area contributed by atoms with Crippen LogP contribution in [0.2, 0.25) is 0 Å². The molecule has 33 heavy (non-hydrogen) atoms. The van der Waals surface area contributed by atoms with Gasteiger partial charge in [0.1, 0.15) is 17.2 Å². The summed E-state index contributed by atoms with van der Waals surface area (Å²) in [6, 6.07) is 7.43. The molecular weight excluding hydrogens is 434 g/mol. The number of benzene rings is 1. The standard InChI is InChI=1S/C22H23N3O8/c1-24(2)14-6-5-13(18(10-14)32-12-19(26)30-3)9-16-20(27)25(22(29)23-16)11-15-7-8-17(33-15)21(28)31-4/h5-10H,11-12H2,1-4H3,(H,23,29)/b16-9-. The van der Waals surface area contributed by atoms with Gasteiger partial charge in [-0.1, -0.05) is 0 Å². The average Bonchev–Trinajstić information content (AvgIpc) is 3.37. The van der Waals surface area contributed by atoms with Crippen LogP contribution in [0, 0.1) is 0 Å². The highest BCUT2D eigenvalue weighted by Gasteiger charge is 2.34. The minimum absolute atomic E-state index is 0.0141. The molecule has 11 heteroatoms. The summed E-state index contributed by atoms with van der Waals surface area (Å²) in [4.78, 5) is 51.1. The van der Waals surface area contributed by atoms with E-state index in [1.165, 1.54) is 32.4 Å². The Bertz CT molecular complexity index is 1120. The lowest BCUT2D eigenvalue weighted by Crippen LogP contribution is -2.30. The van der Waals surface area contributed by atoms with Crippen LogP contribution >= 0.6 is 0 Å². The molecule has 0 atom stereocenters. The number of hydrogen-bond donors (Lipinski definition) is 1. The lowest BCUT2D eigenvalue weighted by molar-refractivity contribution is -0.142. The lowest BCUT2D eigenvalue weighted by atomic mass is 10.1. The van der Waals surface area contributed by atoms with Crippen LogP contribution in [-0.4, -0.2) is 63.7 Å². The minimum Gasteiger partial charge on any atom is -0.481 e. The predicted molar refractivity (Wildman–Crippen MR) is 115 cm³/mol. The van der Waals surface area contributed by atoms with Gasteiger partial charge in [0.05, 0.1) is 20.8 Å². The van der Waals surface area contributed by atoms with Gasteiger partial charge in [-0.3, -0.25) is 9.69 Å². The summed E-state index contributed by atoms with van der Waals surface area (Å²) in [5.41, 5.74) is 1.29. The Morgan fingerprint density at radius 2 is 1.88 bits per heavy atom. The van der Waals surface area contributed by atoms with Gasteiger partial charge in [0.25, 0.3) is 5.91 Å². The first-order valence-corrected chi connectivity index (χ1v) is 9.76. The van der Waals surface area contributed by atoms with Crippen LogP contribution in [0.5, 0.6) is 5.75 Å². The van der Waals surface area contributed by atoms with Crippen molar-refractivity contribution < 1.29 is 37.8 Å². The van der Waals surface area contributed by atoms with Crippen molar-refractivity contribution in [2.75, 3.05) is 39.8 Å². The first-order valence-electron chi connectivity index (χ1n) is 9.76. The molecule has 0 aliphatic carbocycles. The Morgan fingerprint density at radius 3 is 2.55 bits per heavy atom. The third kappa shape index (κ3) is 5.32. The molecular formula is C22H23N3O8. The number of nitrogens with one attached hydrogen (secondary N) is 1. The second-order valence-electron chi connectivity index (χ2n) is 7.12. The van der Waals surface area contributed by atoms with Crippen LogP contribution in [0.3, 0.4) is 0 Å². The molecule has 174 valence electrons. The van der Waals surface area contributed by atoms with E-state index in [0.29, 0.717) is 11.3 Å². The van der Waals surface area contributed by atoms with Crippen LogP contribution in [0.4, 0.5) is 10.5 Å². The Kier molecular flexibility index (Phi) is 7.01. The van der Waals surface area contributed by atoms with Crippen LogP contribution in [0.25, 0.3) is 6.08 Å². The van der Waals surface area contributed by atoms with E-state index in [9.17, 15) is 19.2 Å². The fourth-order valence-electron chi connectivity index (χ4n) is 2.94. The molecule has 1 aromatic carbocycles. The van der Waals surface area contributed by atoms with Crippen molar-refractivity contribution in [1.82, 2.24) is 10.2 Å². The number of amides is 3. The molecule has 11 nitrogen and oxygen atoms in total. The molecule has 0 unspecified atom stereocenters. The number of esters is 2. The summed E-state index contributed by atoms with van der Waals surface area (Å²) in [5.74, 6) is -1.30. The second kappa shape index (κ2) is 9.90. The first kappa shape index (κ1) is 23.4. The zero-order valence-electron chi connectivity index (χ0n) is 18.5. The van der Waals surface area contributed by atoms with Crippen LogP contribution in [-0.2, 0) is 25.6 Å². The molecule has 1 N–H and O–H groups in total. The van der Waals surface area contributed by atoms with Gasteiger partial charge >= 0.3 is 18.0 Å². The molecule has 2 heterocycles. The molecule has 0 bridgehead atoms. The zero-order valence-corrected chi connectivity index (χ0v) is 18.5. The number of urea groups is 1. The number of carbonyl (C=O) groups is 4. The van der Waals surface area contributed by atoms with E-state index in [-0.39, 0.29) is 30.4 Å². The second-order valence-corrected chi connectivity index (χ2v) is 7.12. The fraction of sp³-hybridized carbons (Fsp3) is 0.273. The normalized spacial score (nSPS) is 14.3. The minimum atomic E-state index is -0.667. The van der Waals surface area contributed by atoms with Crippen molar-refractivity contribution in [1.29, 1.82) is 0 Å². The number of anilines is 1. The fourth-order valence-corrected chi connectivity index (χ4v) is 2.94. The van der Waals surface area contributed by atoms with Crippen molar-refractivity contribution in [3.8, 4) is 5.75 Å². The largest absolute Gasteiger partial charge is 0.481 e. The smallest absolute Gasteiger partial charge is 0.373 e. The number of ether oxygens (including phenoxy) is 3. The number of hydrogen-bond acceptors (Lipinski definition) is 9. The maximum Gasteiger partial charge on any atom is 0.373 e. The molecule has 3 amide bonds. The van der Waals surface area contributed by atoms with Crippen molar-refractivity contribution in [3.63, 3.8) is 0 Å². The van der Waals surface area contributed by atoms with Crippen molar-refractivity contribution >= 4 is 35.6 Å². The highest BCUT2D eigenvalue weighted by atomic mass is 16.6. The molecule has 1 saturated heterocycles. The molecule has 3 rings (SSSR count). The third-order valence-corrected chi connectivity index (χ3v) is 4.71. The van der Waals surface area contributed by atoms with E-state index in [2.05, 4.69) is 14.8 Å². The summed E-state index contributed by atoms with van der Waals surface area (Å²) in [6.45, 7) is -0.499. The van der Waals surface area contributed by atoms with E-state index < -0.39 is 23.9 Å². The summed E-state index contributed by atoms with van der Waals surface area (Å²) in [5, 5.41) is 2.51. The number of imide groups is 1. The maximum absolute atomic E-state index is 12.8. The highest BCUT2D eigenvalue weighted by molar-refractivity contribution is 6.14. The molecule has 2 aromatic rings. The Morgan fingerprint density at radius 1 is 1.12 bits per heavy atom. The van der Waals surface area contributed by atoms with Gasteiger partial charge in [-0.2, -0.15) is 0 Å². The zero-order chi connectivity index (χ0) is 24.1. The van der Waals surface area contributed by atoms with E-state index in [1.54, 1.807) is 18.2 Å². The summed E-state index contributed by atoms with van der Waals surface area (Å²) < 4.78 is 20.1. The van der Waals surface area contributed by atoms with Gasteiger partial charge in [0, 0.05) is 31.4 Å². The van der Waals surface area contributed by atoms with E-state index >= 15 is 0 Å². The maximum atomic E-state index is 12.8. The Hall–Kier alpha value is -4.28. The van der Waals surface area contributed by atoms with Gasteiger partial charge in [-0.15, -0.1) is 0 Å². The van der Waals surface area contributed by atoms with E-state index in [0.717, 1.165) is 10.6 Å². The number of nitrogens with zero attached hydrogens (tertiary/aromatic N) is 2. The van der Waals surface area contributed by atoms with Crippen LogP contribution < -0.4 is 15.0 Å². The molecule has 0 radical (unpaired) electrons. The van der Waals surface area contributed by atoms with E-state index in [1.807, 2.05) is 19.0 Å². The van der Waals surface area contributed by atoms with Gasteiger partial charge in [-0.05, 0) is 30.3 Å². The average molecular weight is 457 g/mol. The van der Waals surface area contributed by atoms with Crippen molar-refractivity contribution in [3.05, 3.63) is 53.1 Å². The first-order chi connectivity index (χ1) is 15.7. The van der Waals surface area contributed by atoms with Crippen molar-refractivity contribution in [2.24, 2.45) is 0 Å². The third-order valence-electron chi connectivity index (χ3n) is 4.71. The molecule has 0 saturated carbocycles. The Labute approximate surface area is 189 Å². The summed E-state index contributed by atoms with van der Waals surface area (Å²) >= 11 is 0. The molecule has 1 aliphatic rings. The molecule has 0 spiro atoms. The number of carbonyl (C=O) groups excluding carboxylic acids is 4. The van der Waals surface area contributed by atoms with E-state index in [4.69, 9.17) is 9.15 Å². The monoisotopic (exact) mass is 457 g/mol. The van der Waals surface area contributed by atoms with Gasteiger partial charge < -0.3 is 28.8 Å². The number of methoxy groups -OCH3 is 2. The van der Waals surface area contributed by atoms with Gasteiger partial charge in [0.15, 0.2) is 6.61 Å². The number of rotatable bonds is 8. The molecule has 1 aromatic heterocycles. The van der Waals surface area contributed by atoms with Gasteiger partial charge in [-0.25, -0.2) is 14.4 Å². The molecule has 1 fully saturated rings. The van der Waals surface area contributed by atoms with Crippen LogP contribution in [0.1, 0.15) is 21.9 Å². The van der Waals surface area contributed by atoms with Crippen molar-refractivity contribution in [2.45, 2.75) is 6.54 Å². The predicted octanol–water partition coefficient (Wildman–Crippen LogP) is 1.78. The Balaban J connectivity index is 1.83. The topological polar surface area (TPSA) is 128 Å². The lowest BCUT2D eigenvalue weighted by Gasteiger charge is -2.16. The van der Waals surface area contributed by atoms with Gasteiger partial charge in [0.2, 0.25) is 5.76 Å².